The highest BCUT2D eigenvalue weighted by molar-refractivity contribution is 6.05. The molecule has 0 atom stereocenters. The quantitative estimate of drug-likeness (QED) is 0.684. The SMILES string of the molecule is CCOc1cc2c(c(F)c1OCC)C(=N)N(CC(=O)c1ccnc(C(C)(C)C)c1)C2. The number of fused-ring (bicyclic) bond motifs is 1. The lowest BCUT2D eigenvalue weighted by molar-refractivity contribution is 0.0962. The molecular formula is C23H28FN3O3. The Morgan fingerprint density at radius 2 is 1.93 bits per heavy atom. The first kappa shape index (κ1) is 21.7. The van der Waals surface area contributed by atoms with Gasteiger partial charge in [0.1, 0.15) is 5.84 Å². The van der Waals surface area contributed by atoms with Crippen molar-refractivity contribution in [2.24, 2.45) is 0 Å². The number of ketones is 1. The van der Waals surface area contributed by atoms with Crippen LogP contribution in [0.5, 0.6) is 11.5 Å². The number of hydrogen-bond acceptors (Lipinski definition) is 5. The van der Waals surface area contributed by atoms with Gasteiger partial charge in [0.05, 0.1) is 25.3 Å². The number of pyridine rings is 1. The summed E-state index contributed by atoms with van der Waals surface area (Å²) in [5, 5.41) is 8.45. The zero-order chi connectivity index (χ0) is 22.1. The molecule has 1 aromatic carbocycles. The Morgan fingerprint density at radius 3 is 2.57 bits per heavy atom. The first-order valence-corrected chi connectivity index (χ1v) is 10.1. The van der Waals surface area contributed by atoms with Crippen LogP contribution in [0, 0.1) is 11.2 Å². The largest absolute Gasteiger partial charge is 0.490 e. The van der Waals surface area contributed by atoms with Crippen LogP contribution >= 0.6 is 0 Å². The fourth-order valence-electron chi connectivity index (χ4n) is 3.44. The molecule has 0 fully saturated rings. The minimum Gasteiger partial charge on any atom is -0.490 e. The molecule has 2 heterocycles. The van der Waals surface area contributed by atoms with Crippen LogP contribution in [0.25, 0.3) is 0 Å². The van der Waals surface area contributed by atoms with Gasteiger partial charge in [-0.25, -0.2) is 4.39 Å². The van der Waals surface area contributed by atoms with E-state index < -0.39 is 5.82 Å². The fourth-order valence-corrected chi connectivity index (χ4v) is 3.44. The topological polar surface area (TPSA) is 75.5 Å². The van der Waals surface area contributed by atoms with E-state index >= 15 is 4.39 Å². The Labute approximate surface area is 176 Å². The van der Waals surface area contributed by atoms with E-state index in [2.05, 4.69) is 4.98 Å². The zero-order valence-electron chi connectivity index (χ0n) is 18.1. The molecule has 1 N–H and O–H groups in total. The lowest BCUT2D eigenvalue weighted by atomic mass is 9.90. The third-order valence-electron chi connectivity index (χ3n) is 4.96. The van der Waals surface area contributed by atoms with Gasteiger partial charge in [-0.05, 0) is 37.6 Å². The maximum Gasteiger partial charge on any atom is 0.197 e. The molecule has 160 valence electrons. The molecule has 30 heavy (non-hydrogen) atoms. The van der Waals surface area contributed by atoms with Gasteiger partial charge in [-0.2, -0.15) is 0 Å². The Balaban J connectivity index is 1.86. The first-order chi connectivity index (χ1) is 14.2. The predicted octanol–water partition coefficient (Wildman–Crippen LogP) is 4.34. The highest BCUT2D eigenvalue weighted by atomic mass is 19.1. The fraction of sp³-hybridized carbons (Fsp3) is 0.435. The van der Waals surface area contributed by atoms with E-state index in [4.69, 9.17) is 14.9 Å². The van der Waals surface area contributed by atoms with E-state index in [-0.39, 0.29) is 48.0 Å². The van der Waals surface area contributed by atoms with Crippen LogP contribution in [0.15, 0.2) is 24.4 Å². The maximum absolute atomic E-state index is 15.1. The number of nitrogens with zero attached hydrogens (tertiary/aromatic N) is 2. The molecule has 0 spiro atoms. The van der Waals surface area contributed by atoms with Crippen LogP contribution in [-0.2, 0) is 12.0 Å². The molecule has 2 aromatic rings. The molecule has 0 amide bonds. The van der Waals surface area contributed by atoms with Gasteiger partial charge < -0.3 is 14.4 Å². The van der Waals surface area contributed by atoms with Crippen molar-refractivity contribution in [1.29, 1.82) is 5.41 Å². The van der Waals surface area contributed by atoms with Gasteiger partial charge in [-0.1, -0.05) is 20.8 Å². The van der Waals surface area contributed by atoms with Crippen LogP contribution in [0.2, 0.25) is 0 Å². The van der Waals surface area contributed by atoms with Crippen molar-refractivity contribution in [2.75, 3.05) is 19.8 Å². The summed E-state index contributed by atoms with van der Waals surface area (Å²) in [6.45, 7) is 10.6. The van der Waals surface area contributed by atoms with Crippen LogP contribution < -0.4 is 9.47 Å². The van der Waals surface area contributed by atoms with Crippen molar-refractivity contribution >= 4 is 11.6 Å². The van der Waals surface area contributed by atoms with Crippen LogP contribution in [-0.4, -0.2) is 41.3 Å². The number of ether oxygens (including phenoxy) is 2. The molecule has 6 nitrogen and oxygen atoms in total. The second-order valence-electron chi connectivity index (χ2n) is 8.23. The molecule has 0 bridgehead atoms. The number of amidine groups is 1. The summed E-state index contributed by atoms with van der Waals surface area (Å²) in [6, 6.07) is 5.16. The number of nitrogens with one attached hydrogen (secondary N) is 1. The van der Waals surface area contributed by atoms with Crippen LogP contribution in [0.3, 0.4) is 0 Å². The number of carbonyl (C=O) groups excluding carboxylic acids is 1. The molecule has 1 aliphatic heterocycles. The molecule has 7 heteroatoms. The Kier molecular flexibility index (Phi) is 6.10. The van der Waals surface area contributed by atoms with Gasteiger partial charge in [-0.3, -0.25) is 15.2 Å². The molecule has 3 rings (SSSR count). The number of carbonyl (C=O) groups is 1. The number of hydrogen-bond donors (Lipinski definition) is 1. The number of rotatable bonds is 7. The minimum absolute atomic E-state index is 0.0139. The van der Waals surface area contributed by atoms with Crippen molar-refractivity contribution in [3.05, 3.63) is 52.6 Å². The summed E-state index contributed by atoms with van der Waals surface area (Å²) in [5.41, 5.74) is 1.95. The van der Waals surface area contributed by atoms with Gasteiger partial charge >= 0.3 is 0 Å². The maximum atomic E-state index is 15.1. The summed E-state index contributed by atoms with van der Waals surface area (Å²) < 4.78 is 26.1. The molecule has 0 saturated carbocycles. The molecule has 0 aliphatic carbocycles. The van der Waals surface area contributed by atoms with E-state index in [1.165, 1.54) is 0 Å². The summed E-state index contributed by atoms with van der Waals surface area (Å²) in [6.07, 6.45) is 1.63. The highest BCUT2D eigenvalue weighted by Gasteiger charge is 2.33. The van der Waals surface area contributed by atoms with Crippen LogP contribution in [0.1, 0.15) is 61.8 Å². The van der Waals surface area contributed by atoms with E-state index in [1.54, 1.807) is 36.2 Å². The van der Waals surface area contributed by atoms with E-state index in [0.29, 0.717) is 23.5 Å². The average Bonchev–Trinajstić information content (AvgIpc) is 3.00. The van der Waals surface area contributed by atoms with Crippen LogP contribution in [0.4, 0.5) is 4.39 Å². The van der Waals surface area contributed by atoms with E-state index in [1.807, 2.05) is 27.7 Å². The van der Waals surface area contributed by atoms with Gasteiger partial charge in [0, 0.05) is 29.4 Å². The van der Waals surface area contributed by atoms with E-state index in [0.717, 1.165) is 5.69 Å². The van der Waals surface area contributed by atoms with Gasteiger partial charge in [0.25, 0.3) is 0 Å². The van der Waals surface area contributed by atoms with Crippen molar-refractivity contribution in [3.8, 4) is 11.5 Å². The predicted molar refractivity (Wildman–Crippen MR) is 113 cm³/mol. The lowest BCUT2D eigenvalue weighted by Gasteiger charge is -2.19. The molecule has 0 unspecified atom stereocenters. The minimum atomic E-state index is -0.614. The number of aromatic nitrogens is 1. The summed E-state index contributed by atoms with van der Waals surface area (Å²) in [7, 11) is 0. The van der Waals surface area contributed by atoms with Crippen molar-refractivity contribution in [1.82, 2.24) is 9.88 Å². The Morgan fingerprint density at radius 1 is 1.23 bits per heavy atom. The monoisotopic (exact) mass is 413 g/mol. The van der Waals surface area contributed by atoms with Gasteiger partial charge in [0.15, 0.2) is 23.1 Å². The average molecular weight is 413 g/mol. The normalized spacial score (nSPS) is 13.4. The second kappa shape index (κ2) is 8.42. The van der Waals surface area contributed by atoms with Crippen molar-refractivity contribution < 1.29 is 18.7 Å². The molecule has 0 radical (unpaired) electrons. The van der Waals surface area contributed by atoms with Crippen molar-refractivity contribution in [2.45, 2.75) is 46.6 Å². The second-order valence-corrected chi connectivity index (χ2v) is 8.23. The van der Waals surface area contributed by atoms with Gasteiger partial charge in [-0.15, -0.1) is 0 Å². The van der Waals surface area contributed by atoms with E-state index in [9.17, 15) is 4.79 Å². The summed E-state index contributed by atoms with van der Waals surface area (Å²) in [4.78, 5) is 18.8. The molecule has 0 saturated heterocycles. The smallest absolute Gasteiger partial charge is 0.197 e. The highest BCUT2D eigenvalue weighted by Crippen LogP contribution is 2.39. The van der Waals surface area contributed by atoms with Gasteiger partial charge in [0.2, 0.25) is 0 Å². The number of benzene rings is 1. The number of Topliss-reactive ketones (excluding diaryl/α,β-unsaturated/α-hetero) is 1. The standard InChI is InChI=1S/C23H28FN3O3/c1-6-29-17-10-15-12-27(22(25)19(15)20(24)21(17)30-7-2)13-16(28)14-8-9-26-18(11-14)23(3,4)5/h8-11,25H,6-7,12-13H2,1-5H3. The zero-order valence-corrected chi connectivity index (χ0v) is 18.1. The number of halogens is 1. The lowest BCUT2D eigenvalue weighted by Crippen LogP contribution is -2.30. The summed E-state index contributed by atoms with van der Waals surface area (Å²) in [5.74, 6) is -0.446. The third-order valence-corrected chi connectivity index (χ3v) is 4.96. The molecule has 1 aromatic heterocycles. The Hall–Kier alpha value is -2.96. The molecular weight excluding hydrogens is 385 g/mol. The first-order valence-electron chi connectivity index (χ1n) is 10.1. The summed E-state index contributed by atoms with van der Waals surface area (Å²) >= 11 is 0. The Bertz CT molecular complexity index is 982. The molecule has 1 aliphatic rings. The van der Waals surface area contributed by atoms with Crippen molar-refractivity contribution in [3.63, 3.8) is 0 Å². The third kappa shape index (κ3) is 4.15.